The molecule has 1 aromatic carbocycles. The lowest BCUT2D eigenvalue weighted by atomic mass is 9.98. The maximum atomic E-state index is 12.9. The Morgan fingerprint density at radius 3 is 2.58 bits per heavy atom. The second kappa shape index (κ2) is 7.05. The Morgan fingerprint density at radius 2 is 2.00 bits per heavy atom. The third kappa shape index (κ3) is 3.30. The number of amides is 4. The van der Waals surface area contributed by atoms with Crippen molar-refractivity contribution in [2.45, 2.75) is 31.5 Å². The van der Waals surface area contributed by atoms with Gasteiger partial charge in [-0.15, -0.1) is 0 Å². The average molecular weight is 361 g/mol. The zero-order chi connectivity index (χ0) is 18.9. The van der Waals surface area contributed by atoms with Crippen LogP contribution in [0, 0.1) is 0 Å². The SMILES string of the molecule is CC1(C)NC(=O)N(CC(=O)N2CCO[C@H](CO)[C@H]2c2ccccc2)C1=O. The Hall–Kier alpha value is -2.45. The number of carbonyl (C=O) groups excluding carboxylic acids is 3. The van der Waals surface area contributed by atoms with Crippen LogP contribution in [0.3, 0.4) is 0 Å². The molecule has 140 valence electrons. The number of imide groups is 1. The topological polar surface area (TPSA) is 99.2 Å². The van der Waals surface area contributed by atoms with Gasteiger partial charge in [0.05, 0.1) is 19.3 Å². The highest BCUT2D eigenvalue weighted by Crippen LogP contribution is 2.30. The van der Waals surface area contributed by atoms with Crippen molar-refractivity contribution in [3.8, 4) is 0 Å². The summed E-state index contributed by atoms with van der Waals surface area (Å²) in [5, 5.41) is 12.2. The Bertz CT molecular complexity index is 706. The van der Waals surface area contributed by atoms with E-state index in [9.17, 15) is 19.5 Å². The van der Waals surface area contributed by atoms with Crippen molar-refractivity contribution in [1.82, 2.24) is 15.1 Å². The van der Waals surface area contributed by atoms with Crippen molar-refractivity contribution in [1.29, 1.82) is 0 Å². The summed E-state index contributed by atoms with van der Waals surface area (Å²) in [6.07, 6.45) is -0.561. The molecule has 0 unspecified atom stereocenters. The molecule has 2 aliphatic rings. The number of aliphatic hydroxyl groups is 1. The lowest BCUT2D eigenvalue weighted by Gasteiger charge is -2.41. The van der Waals surface area contributed by atoms with Gasteiger partial charge in [-0.3, -0.25) is 14.5 Å². The highest BCUT2D eigenvalue weighted by Gasteiger charge is 2.46. The molecule has 0 aromatic heterocycles. The number of carbonyl (C=O) groups is 3. The minimum absolute atomic E-state index is 0.237. The van der Waals surface area contributed by atoms with E-state index in [1.165, 1.54) is 0 Å². The molecular formula is C18H23N3O5. The number of nitrogens with zero attached hydrogens (tertiary/aromatic N) is 2. The van der Waals surface area contributed by atoms with E-state index in [0.717, 1.165) is 10.5 Å². The zero-order valence-electron chi connectivity index (χ0n) is 14.8. The van der Waals surface area contributed by atoms with Crippen molar-refractivity contribution in [3.05, 3.63) is 35.9 Å². The van der Waals surface area contributed by atoms with Gasteiger partial charge < -0.3 is 20.1 Å². The Morgan fingerprint density at radius 1 is 1.31 bits per heavy atom. The molecule has 4 amide bonds. The summed E-state index contributed by atoms with van der Waals surface area (Å²) < 4.78 is 5.62. The van der Waals surface area contributed by atoms with Crippen LogP contribution in [0.2, 0.25) is 0 Å². The lowest BCUT2D eigenvalue weighted by molar-refractivity contribution is -0.152. The lowest BCUT2D eigenvalue weighted by Crippen LogP contribution is -2.52. The van der Waals surface area contributed by atoms with Crippen LogP contribution >= 0.6 is 0 Å². The number of benzene rings is 1. The largest absolute Gasteiger partial charge is 0.394 e. The molecule has 0 spiro atoms. The number of urea groups is 1. The first-order valence-electron chi connectivity index (χ1n) is 8.56. The summed E-state index contributed by atoms with van der Waals surface area (Å²) in [4.78, 5) is 39.8. The van der Waals surface area contributed by atoms with Gasteiger partial charge in [0.15, 0.2) is 0 Å². The molecular weight excluding hydrogens is 338 g/mol. The summed E-state index contributed by atoms with van der Waals surface area (Å²) in [5.74, 6) is -0.791. The molecule has 0 saturated carbocycles. The first-order chi connectivity index (χ1) is 12.3. The minimum Gasteiger partial charge on any atom is -0.394 e. The fraction of sp³-hybridized carbons (Fsp3) is 0.500. The van der Waals surface area contributed by atoms with Crippen LogP contribution in [-0.2, 0) is 14.3 Å². The normalized spacial score (nSPS) is 25.3. The summed E-state index contributed by atoms with van der Waals surface area (Å²) in [6, 6.07) is 8.23. The molecule has 2 heterocycles. The van der Waals surface area contributed by atoms with Crippen LogP contribution in [0.1, 0.15) is 25.5 Å². The third-order valence-electron chi connectivity index (χ3n) is 4.73. The molecule has 2 saturated heterocycles. The number of rotatable bonds is 4. The molecule has 0 radical (unpaired) electrons. The summed E-state index contributed by atoms with van der Waals surface area (Å²) in [5.41, 5.74) is -0.188. The monoisotopic (exact) mass is 361 g/mol. The Labute approximate surface area is 151 Å². The summed E-state index contributed by atoms with van der Waals surface area (Å²) in [6.45, 7) is 3.23. The van der Waals surface area contributed by atoms with E-state index in [0.29, 0.717) is 6.54 Å². The molecule has 0 bridgehead atoms. The van der Waals surface area contributed by atoms with Crippen molar-refractivity contribution in [3.63, 3.8) is 0 Å². The number of nitrogens with one attached hydrogen (secondary N) is 1. The van der Waals surface area contributed by atoms with Crippen molar-refractivity contribution >= 4 is 17.8 Å². The maximum absolute atomic E-state index is 12.9. The molecule has 2 N–H and O–H groups in total. The second-order valence-corrected chi connectivity index (χ2v) is 6.98. The summed E-state index contributed by atoms with van der Waals surface area (Å²) >= 11 is 0. The quantitative estimate of drug-likeness (QED) is 0.751. The number of aliphatic hydroxyl groups excluding tert-OH is 1. The van der Waals surface area contributed by atoms with Gasteiger partial charge in [0.1, 0.15) is 18.2 Å². The molecule has 26 heavy (non-hydrogen) atoms. The molecule has 2 aliphatic heterocycles. The van der Waals surface area contributed by atoms with E-state index in [2.05, 4.69) is 5.32 Å². The minimum atomic E-state index is -1.02. The van der Waals surface area contributed by atoms with Crippen LogP contribution in [0.5, 0.6) is 0 Å². The fourth-order valence-electron chi connectivity index (χ4n) is 3.40. The van der Waals surface area contributed by atoms with Crippen LogP contribution < -0.4 is 5.32 Å². The summed E-state index contributed by atoms with van der Waals surface area (Å²) in [7, 11) is 0. The fourth-order valence-corrected chi connectivity index (χ4v) is 3.40. The Balaban J connectivity index is 1.82. The van der Waals surface area contributed by atoms with Gasteiger partial charge in [0, 0.05) is 6.54 Å². The molecule has 1 aromatic rings. The highest BCUT2D eigenvalue weighted by atomic mass is 16.5. The third-order valence-corrected chi connectivity index (χ3v) is 4.73. The van der Waals surface area contributed by atoms with Gasteiger partial charge in [0.25, 0.3) is 5.91 Å². The van der Waals surface area contributed by atoms with E-state index in [4.69, 9.17) is 4.74 Å². The second-order valence-electron chi connectivity index (χ2n) is 6.98. The molecule has 8 heteroatoms. The molecule has 8 nitrogen and oxygen atoms in total. The van der Waals surface area contributed by atoms with Gasteiger partial charge >= 0.3 is 6.03 Å². The van der Waals surface area contributed by atoms with Crippen LogP contribution in [0.4, 0.5) is 4.79 Å². The van der Waals surface area contributed by atoms with Crippen molar-refractivity contribution in [2.24, 2.45) is 0 Å². The number of ether oxygens (including phenoxy) is 1. The van der Waals surface area contributed by atoms with E-state index >= 15 is 0 Å². The molecule has 0 aliphatic carbocycles. The first kappa shape index (κ1) is 18.3. The molecule has 2 atom stereocenters. The molecule has 2 fully saturated rings. The average Bonchev–Trinajstić information content (AvgIpc) is 2.83. The van der Waals surface area contributed by atoms with Crippen LogP contribution in [-0.4, -0.2) is 70.7 Å². The van der Waals surface area contributed by atoms with E-state index < -0.39 is 29.6 Å². The maximum Gasteiger partial charge on any atom is 0.325 e. The van der Waals surface area contributed by atoms with Crippen molar-refractivity contribution < 1.29 is 24.2 Å². The standard InChI is InChI=1S/C18H23N3O5/c1-18(2)16(24)21(17(25)19-18)10-14(23)20-8-9-26-13(11-22)15(20)12-6-4-3-5-7-12/h3-7,13,15,22H,8-11H2,1-2H3,(H,19,25)/t13-,15-/m1/s1. The van der Waals surface area contributed by atoms with Gasteiger partial charge in [-0.25, -0.2) is 4.79 Å². The van der Waals surface area contributed by atoms with Gasteiger partial charge in [0.2, 0.25) is 5.91 Å². The number of hydrogen-bond acceptors (Lipinski definition) is 5. The Kier molecular flexibility index (Phi) is 4.97. The van der Waals surface area contributed by atoms with E-state index in [1.807, 2.05) is 30.3 Å². The van der Waals surface area contributed by atoms with Gasteiger partial charge in [-0.05, 0) is 19.4 Å². The number of morpholine rings is 1. The van der Waals surface area contributed by atoms with Crippen LogP contribution in [0.25, 0.3) is 0 Å². The number of hydrogen-bond donors (Lipinski definition) is 2. The van der Waals surface area contributed by atoms with E-state index in [1.54, 1.807) is 18.7 Å². The van der Waals surface area contributed by atoms with Gasteiger partial charge in [-0.1, -0.05) is 30.3 Å². The van der Waals surface area contributed by atoms with Crippen LogP contribution in [0.15, 0.2) is 30.3 Å². The predicted molar refractivity (Wildman–Crippen MR) is 92.0 cm³/mol. The predicted octanol–water partition coefficient (Wildman–Crippen LogP) is 0.278. The highest BCUT2D eigenvalue weighted by molar-refractivity contribution is 6.08. The van der Waals surface area contributed by atoms with E-state index in [-0.39, 0.29) is 25.7 Å². The smallest absolute Gasteiger partial charge is 0.325 e. The molecule has 3 rings (SSSR count). The van der Waals surface area contributed by atoms with Crippen molar-refractivity contribution in [2.75, 3.05) is 26.3 Å². The first-order valence-corrected chi connectivity index (χ1v) is 8.56. The zero-order valence-corrected chi connectivity index (χ0v) is 14.8. The van der Waals surface area contributed by atoms with Gasteiger partial charge in [-0.2, -0.15) is 0 Å².